The molecule has 3 rings (SSSR count). The standard InChI is InChI=1S/C16H22FN3S/c1-12-5-2-3-8-19(12)9-4-10-20-15-11-13(17)6-7-14(15)18-16(20)21/h6-7,11-12H,2-5,8-10H2,1H3,(H,18,21). The number of H-pyrrole nitrogens is 1. The minimum atomic E-state index is -0.213. The zero-order chi connectivity index (χ0) is 14.8. The molecule has 1 fully saturated rings. The molecular weight excluding hydrogens is 285 g/mol. The lowest BCUT2D eigenvalue weighted by atomic mass is 10.0. The molecule has 0 amide bonds. The fraction of sp³-hybridized carbons (Fsp3) is 0.562. The number of benzene rings is 1. The van der Waals surface area contributed by atoms with E-state index in [2.05, 4.69) is 16.8 Å². The van der Waals surface area contributed by atoms with Crippen molar-refractivity contribution in [3.8, 4) is 0 Å². The SMILES string of the molecule is CC1CCCCN1CCCn1c(=S)[nH]c2ccc(F)cc21. The Balaban J connectivity index is 1.69. The van der Waals surface area contributed by atoms with E-state index in [4.69, 9.17) is 12.2 Å². The molecule has 0 bridgehead atoms. The summed E-state index contributed by atoms with van der Waals surface area (Å²) in [5.74, 6) is -0.213. The van der Waals surface area contributed by atoms with Crippen LogP contribution in [0.15, 0.2) is 18.2 Å². The lowest BCUT2D eigenvalue weighted by molar-refractivity contribution is 0.157. The van der Waals surface area contributed by atoms with Gasteiger partial charge in [0.05, 0.1) is 11.0 Å². The van der Waals surface area contributed by atoms with Gasteiger partial charge in [-0.15, -0.1) is 0 Å². The third kappa shape index (κ3) is 3.19. The van der Waals surface area contributed by atoms with Gasteiger partial charge in [-0.25, -0.2) is 4.39 Å². The molecule has 0 radical (unpaired) electrons. The van der Waals surface area contributed by atoms with Crippen molar-refractivity contribution in [1.82, 2.24) is 14.5 Å². The van der Waals surface area contributed by atoms with Crippen LogP contribution in [0.3, 0.4) is 0 Å². The molecular formula is C16H22FN3S. The van der Waals surface area contributed by atoms with Gasteiger partial charge in [0.15, 0.2) is 4.77 Å². The minimum absolute atomic E-state index is 0.213. The third-order valence-electron chi connectivity index (χ3n) is 4.50. The molecule has 0 aliphatic carbocycles. The molecule has 114 valence electrons. The maximum Gasteiger partial charge on any atom is 0.178 e. The summed E-state index contributed by atoms with van der Waals surface area (Å²) < 4.78 is 16.1. The molecule has 1 aromatic carbocycles. The van der Waals surface area contributed by atoms with Crippen molar-refractivity contribution < 1.29 is 4.39 Å². The predicted molar refractivity (Wildman–Crippen MR) is 86.6 cm³/mol. The second-order valence-electron chi connectivity index (χ2n) is 5.98. The lowest BCUT2D eigenvalue weighted by Crippen LogP contribution is -2.38. The number of imidazole rings is 1. The molecule has 1 atom stereocenters. The molecule has 1 unspecified atom stereocenters. The Bertz CT molecular complexity index is 676. The fourth-order valence-electron chi connectivity index (χ4n) is 3.27. The normalized spacial score (nSPS) is 20.2. The van der Waals surface area contributed by atoms with E-state index >= 15 is 0 Å². The van der Waals surface area contributed by atoms with E-state index < -0.39 is 0 Å². The maximum absolute atomic E-state index is 13.4. The summed E-state index contributed by atoms with van der Waals surface area (Å²) in [6.07, 6.45) is 5.01. The summed E-state index contributed by atoms with van der Waals surface area (Å²) in [4.78, 5) is 5.71. The molecule has 21 heavy (non-hydrogen) atoms. The number of nitrogens with zero attached hydrogens (tertiary/aromatic N) is 2. The Morgan fingerprint density at radius 1 is 1.33 bits per heavy atom. The van der Waals surface area contributed by atoms with Gasteiger partial charge in [-0.1, -0.05) is 6.42 Å². The molecule has 1 aliphatic rings. The number of aromatic amines is 1. The van der Waals surface area contributed by atoms with E-state index in [1.54, 1.807) is 12.1 Å². The Labute approximate surface area is 129 Å². The number of nitrogens with one attached hydrogen (secondary N) is 1. The van der Waals surface area contributed by atoms with Crippen LogP contribution >= 0.6 is 12.2 Å². The number of fused-ring (bicyclic) bond motifs is 1. The van der Waals surface area contributed by atoms with Gasteiger partial charge in [0.25, 0.3) is 0 Å². The molecule has 5 heteroatoms. The molecule has 1 aromatic heterocycles. The third-order valence-corrected chi connectivity index (χ3v) is 4.83. The summed E-state index contributed by atoms with van der Waals surface area (Å²) in [7, 11) is 0. The molecule has 1 aliphatic heterocycles. The number of halogens is 1. The van der Waals surface area contributed by atoms with Gasteiger partial charge in [0.1, 0.15) is 5.82 Å². The quantitative estimate of drug-likeness (QED) is 0.860. The van der Waals surface area contributed by atoms with Gasteiger partial charge in [-0.05, 0) is 63.1 Å². The van der Waals surface area contributed by atoms with Gasteiger partial charge < -0.3 is 14.5 Å². The average Bonchev–Trinajstić information content (AvgIpc) is 2.77. The second kappa shape index (κ2) is 6.28. The van der Waals surface area contributed by atoms with E-state index in [-0.39, 0.29) is 5.82 Å². The van der Waals surface area contributed by atoms with Crippen molar-refractivity contribution in [1.29, 1.82) is 0 Å². The highest BCUT2D eigenvalue weighted by atomic mass is 32.1. The highest BCUT2D eigenvalue weighted by molar-refractivity contribution is 7.71. The molecule has 3 nitrogen and oxygen atoms in total. The van der Waals surface area contributed by atoms with Crippen LogP contribution in [0.25, 0.3) is 11.0 Å². The van der Waals surface area contributed by atoms with Gasteiger partial charge in [0.2, 0.25) is 0 Å². The Morgan fingerprint density at radius 3 is 3.00 bits per heavy atom. The van der Waals surface area contributed by atoms with Gasteiger partial charge >= 0.3 is 0 Å². The van der Waals surface area contributed by atoms with E-state index in [9.17, 15) is 4.39 Å². The smallest absolute Gasteiger partial charge is 0.178 e. The van der Waals surface area contributed by atoms with Crippen LogP contribution in [-0.4, -0.2) is 33.6 Å². The largest absolute Gasteiger partial charge is 0.331 e. The van der Waals surface area contributed by atoms with Crippen molar-refractivity contribution in [2.45, 2.75) is 45.2 Å². The van der Waals surface area contributed by atoms with Gasteiger partial charge in [-0.2, -0.15) is 0 Å². The van der Waals surface area contributed by atoms with Crippen molar-refractivity contribution in [3.63, 3.8) is 0 Å². The van der Waals surface area contributed by atoms with E-state index in [0.717, 1.165) is 30.5 Å². The van der Waals surface area contributed by atoms with Crippen LogP contribution < -0.4 is 0 Å². The molecule has 0 saturated carbocycles. The first-order valence-electron chi connectivity index (χ1n) is 7.77. The molecule has 0 spiro atoms. The molecule has 1 N–H and O–H groups in total. The number of hydrogen-bond acceptors (Lipinski definition) is 2. The van der Waals surface area contributed by atoms with Crippen LogP contribution in [0.1, 0.15) is 32.6 Å². The summed E-state index contributed by atoms with van der Waals surface area (Å²) in [5, 5.41) is 0. The first kappa shape index (κ1) is 14.7. The highest BCUT2D eigenvalue weighted by Crippen LogP contribution is 2.18. The predicted octanol–water partition coefficient (Wildman–Crippen LogP) is 4.10. The van der Waals surface area contributed by atoms with E-state index in [1.807, 2.05) is 4.57 Å². The number of hydrogen-bond donors (Lipinski definition) is 1. The lowest BCUT2D eigenvalue weighted by Gasteiger charge is -2.33. The maximum atomic E-state index is 13.4. The number of likely N-dealkylation sites (tertiary alicyclic amines) is 1. The van der Waals surface area contributed by atoms with Gasteiger partial charge in [0, 0.05) is 19.1 Å². The van der Waals surface area contributed by atoms with Crippen molar-refractivity contribution in [3.05, 3.63) is 28.8 Å². The summed E-state index contributed by atoms with van der Waals surface area (Å²) in [6.45, 7) is 5.44. The number of piperidine rings is 1. The van der Waals surface area contributed by atoms with Crippen LogP contribution in [0.4, 0.5) is 4.39 Å². The monoisotopic (exact) mass is 307 g/mol. The molecule has 2 aromatic rings. The molecule has 1 saturated heterocycles. The van der Waals surface area contributed by atoms with E-state index in [0.29, 0.717) is 10.8 Å². The zero-order valence-electron chi connectivity index (χ0n) is 12.4. The fourth-order valence-corrected chi connectivity index (χ4v) is 3.57. The van der Waals surface area contributed by atoms with Crippen LogP contribution in [-0.2, 0) is 6.54 Å². The highest BCUT2D eigenvalue weighted by Gasteiger charge is 2.17. The van der Waals surface area contributed by atoms with E-state index in [1.165, 1.54) is 31.9 Å². The van der Waals surface area contributed by atoms with Crippen LogP contribution in [0.5, 0.6) is 0 Å². The topological polar surface area (TPSA) is 24.0 Å². The van der Waals surface area contributed by atoms with Crippen molar-refractivity contribution in [2.75, 3.05) is 13.1 Å². The van der Waals surface area contributed by atoms with Crippen LogP contribution in [0, 0.1) is 10.6 Å². The number of rotatable bonds is 4. The number of aromatic nitrogens is 2. The second-order valence-corrected chi connectivity index (χ2v) is 6.36. The summed E-state index contributed by atoms with van der Waals surface area (Å²) in [5.41, 5.74) is 1.78. The van der Waals surface area contributed by atoms with Crippen molar-refractivity contribution >= 4 is 23.3 Å². The van der Waals surface area contributed by atoms with Crippen molar-refractivity contribution in [2.24, 2.45) is 0 Å². The van der Waals surface area contributed by atoms with Crippen LogP contribution in [0.2, 0.25) is 0 Å². The minimum Gasteiger partial charge on any atom is -0.331 e. The molecule has 2 heterocycles. The Kier molecular flexibility index (Phi) is 4.40. The Hall–Kier alpha value is -1.20. The summed E-state index contributed by atoms with van der Waals surface area (Å²) in [6, 6.07) is 5.47. The van der Waals surface area contributed by atoms with Gasteiger partial charge in [-0.3, -0.25) is 0 Å². The first-order chi connectivity index (χ1) is 10.1. The summed E-state index contributed by atoms with van der Waals surface area (Å²) >= 11 is 5.36. The Morgan fingerprint density at radius 2 is 2.19 bits per heavy atom. The first-order valence-corrected chi connectivity index (χ1v) is 8.18. The average molecular weight is 307 g/mol. The number of aryl methyl sites for hydroxylation is 1. The zero-order valence-corrected chi connectivity index (χ0v) is 13.3.